The van der Waals surface area contributed by atoms with Crippen LogP contribution in [0.1, 0.15) is 0 Å². The molecule has 18 heavy (non-hydrogen) atoms. The van der Waals surface area contributed by atoms with E-state index in [2.05, 4.69) is 18.1 Å². The molecule has 0 N–H and O–H groups in total. The van der Waals surface area contributed by atoms with E-state index in [-0.39, 0.29) is 17.8 Å². The lowest BCUT2D eigenvalue weighted by Gasteiger charge is -2.10. The van der Waals surface area contributed by atoms with Gasteiger partial charge in [0.15, 0.2) is 0 Å². The van der Waals surface area contributed by atoms with Gasteiger partial charge in [-0.1, -0.05) is 12.2 Å². The van der Waals surface area contributed by atoms with Crippen LogP contribution in [-0.2, 0) is 13.1 Å². The van der Waals surface area contributed by atoms with Crippen molar-refractivity contribution in [2.24, 2.45) is 0 Å². The highest BCUT2D eigenvalue weighted by Crippen LogP contribution is 2.05. The summed E-state index contributed by atoms with van der Waals surface area (Å²) in [7, 11) is 0. The average molecular weight is 243 g/mol. The molecule has 5 nitrogen and oxygen atoms in total. The normalized spacial score (nSPS) is 10.4. The third-order valence-corrected chi connectivity index (χ3v) is 2.65. The van der Waals surface area contributed by atoms with E-state index in [1.165, 1.54) is 16.8 Å². The molecule has 0 spiro atoms. The summed E-state index contributed by atoms with van der Waals surface area (Å²) in [5.74, 6) is 0. The Morgan fingerprint density at radius 3 is 2.50 bits per heavy atom. The van der Waals surface area contributed by atoms with Gasteiger partial charge < -0.3 is 0 Å². The van der Waals surface area contributed by atoms with Gasteiger partial charge in [-0.25, -0.2) is 4.79 Å². The Morgan fingerprint density at radius 2 is 1.83 bits per heavy atom. The number of rotatable bonds is 4. The molecular weight excluding hydrogens is 230 g/mol. The van der Waals surface area contributed by atoms with Gasteiger partial charge in [0.1, 0.15) is 0 Å². The minimum Gasteiger partial charge on any atom is -0.289 e. The lowest BCUT2D eigenvalue weighted by Crippen LogP contribution is -2.39. The zero-order chi connectivity index (χ0) is 13.1. The molecule has 0 atom stereocenters. The molecule has 0 fully saturated rings. The first kappa shape index (κ1) is 12.0. The van der Waals surface area contributed by atoms with E-state index >= 15 is 0 Å². The molecule has 2 aromatic rings. The minimum atomic E-state index is -0.362. The van der Waals surface area contributed by atoms with Gasteiger partial charge >= 0.3 is 5.69 Å². The number of aromatic nitrogens is 3. The monoisotopic (exact) mass is 243 g/mol. The number of hydrogen-bond acceptors (Lipinski definition) is 3. The quantitative estimate of drug-likeness (QED) is 0.751. The van der Waals surface area contributed by atoms with Crippen molar-refractivity contribution in [1.82, 2.24) is 14.1 Å². The van der Waals surface area contributed by atoms with E-state index in [4.69, 9.17) is 0 Å². The highest BCUT2D eigenvalue weighted by molar-refractivity contribution is 5.76. The third kappa shape index (κ3) is 1.79. The van der Waals surface area contributed by atoms with Crippen molar-refractivity contribution in [3.8, 4) is 0 Å². The fourth-order valence-electron chi connectivity index (χ4n) is 1.86. The van der Waals surface area contributed by atoms with Gasteiger partial charge in [-0.2, -0.15) is 0 Å². The Hall–Kier alpha value is -2.43. The van der Waals surface area contributed by atoms with Gasteiger partial charge in [-0.3, -0.25) is 18.9 Å². The zero-order valence-electron chi connectivity index (χ0n) is 9.87. The lowest BCUT2D eigenvalue weighted by atomic mass is 10.3. The van der Waals surface area contributed by atoms with Crippen LogP contribution < -0.4 is 11.2 Å². The summed E-state index contributed by atoms with van der Waals surface area (Å²) < 4.78 is 2.63. The van der Waals surface area contributed by atoms with Gasteiger partial charge in [0.05, 0.1) is 10.9 Å². The van der Waals surface area contributed by atoms with Crippen LogP contribution in [0.25, 0.3) is 10.9 Å². The molecule has 92 valence electrons. The van der Waals surface area contributed by atoms with E-state index in [0.717, 1.165) is 4.57 Å². The van der Waals surface area contributed by atoms with Crippen LogP contribution in [0.4, 0.5) is 0 Å². The summed E-state index contributed by atoms with van der Waals surface area (Å²) >= 11 is 0. The van der Waals surface area contributed by atoms with E-state index in [9.17, 15) is 9.59 Å². The van der Waals surface area contributed by atoms with Crippen LogP contribution in [0, 0.1) is 0 Å². The second-order valence-corrected chi connectivity index (χ2v) is 3.78. The molecule has 0 saturated heterocycles. The van der Waals surface area contributed by atoms with Crippen LogP contribution in [0.5, 0.6) is 0 Å². The van der Waals surface area contributed by atoms with Crippen molar-refractivity contribution in [1.29, 1.82) is 0 Å². The maximum absolute atomic E-state index is 12.2. The number of allylic oxidation sites excluding steroid dienone is 2. The first-order valence-electron chi connectivity index (χ1n) is 5.50. The summed E-state index contributed by atoms with van der Waals surface area (Å²) in [5.41, 5.74) is -0.137. The molecule has 0 aliphatic carbocycles. The van der Waals surface area contributed by atoms with Gasteiger partial charge in [0.2, 0.25) is 0 Å². The molecule has 2 aromatic heterocycles. The van der Waals surface area contributed by atoms with Crippen molar-refractivity contribution in [3.63, 3.8) is 0 Å². The van der Waals surface area contributed by atoms with E-state index in [1.54, 1.807) is 18.3 Å². The highest BCUT2D eigenvalue weighted by atomic mass is 16.2. The van der Waals surface area contributed by atoms with Crippen molar-refractivity contribution in [2.45, 2.75) is 13.1 Å². The predicted octanol–water partition coefficient (Wildman–Crippen LogP) is 0.930. The standard InChI is InChI=1S/C13H13N3O2/c1-3-7-15-11-5-6-14-9-10(11)12(17)16(8-4-2)13(15)18/h3-6,9H,1-2,7-8H2. The number of nitrogens with zero attached hydrogens (tertiary/aromatic N) is 3. The SMILES string of the molecule is C=CCn1c(=O)c2cnccc2n(CC=C)c1=O. The first-order chi connectivity index (χ1) is 8.70. The predicted molar refractivity (Wildman–Crippen MR) is 70.7 cm³/mol. The Kier molecular flexibility index (Phi) is 3.23. The molecule has 0 saturated carbocycles. The van der Waals surface area contributed by atoms with Gasteiger partial charge in [0, 0.05) is 25.5 Å². The Balaban J connectivity index is 2.96. The molecule has 0 radical (unpaired) electrons. The highest BCUT2D eigenvalue weighted by Gasteiger charge is 2.10. The van der Waals surface area contributed by atoms with Crippen molar-refractivity contribution in [3.05, 3.63) is 64.6 Å². The minimum absolute atomic E-state index is 0.180. The second-order valence-electron chi connectivity index (χ2n) is 3.78. The molecule has 5 heteroatoms. The molecule has 0 aliphatic rings. The maximum Gasteiger partial charge on any atom is 0.332 e. The Morgan fingerprint density at radius 1 is 1.17 bits per heavy atom. The molecule has 2 heterocycles. The Labute approximate surface area is 103 Å². The molecule has 0 bridgehead atoms. The molecule has 0 amide bonds. The molecule has 0 aliphatic heterocycles. The molecule has 0 unspecified atom stereocenters. The summed E-state index contributed by atoms with van der Waals surface area (Å²) in [6.07, 6.45) is 6.15. The van der Waals surface area contributed by atoms with Crippen LogP contribution in [-0.4, -0.2) is 14.1 Å². The molecule has 0 aromatic carbocycles. The number of fused-ring (bicyclic) bond motifs is 1. The fourth-order valence-corrected chi connectivity index (χ4v) is 1.86. The van der Waals surface area contributed by atoms with E-state index in [0.29, 0.717) is 17.4 Å². The summed E-state index contributed by atoms with van der Waals surface area (Å²) in [6.45, 7) is 7.69. The van der Waals surface area contributed by atoms with Crippen LogP contribution in [0.3, 0.4) is 0 Å². The summed E-state index contributed by atoms with van der Waals surface area (Å²) in [6, 6.07) is 1.65. The van der Waals surface area contributed by atoms with Crippen LogP contribution >= 0.6 is 0 Å². The number of pyridine rings is 1. The summed E-state index contributed by atoms with van der Waals surface area (Å²) in [5, 5.41) is 0.417. The molecule has 2 rings (SSSR count). The summed E-state index contributed by atoms with van der Waals surface area (Å²) in [4.78, 5) is 28.3. The van der Waals surface area contributed by atoms with Crippen molar-refractivity contribution >= 4 is 10.9 Å². The third-order valence-electron chi connectivity index (χ3n) is 2.65. The smallest absolute Gasteiger partial charge is 0.289 e. The van der Waals surface area contributed by atoms with E-state index in [1.807, 2.05) is 0 Å². The zero-order valence-corrected chi connectivity index (χ0v) is 9.87. The topological polar surface area (TPSA) is 56.9 Å². The Bertz CT molecular complexity index is 725. The maximum atomic E-state index is 12.2. The average Bonchev–Trinajstić information content (AvgIpc) is 2.39. The fraction of sp³-hybridized carbons (Fsp3) is 0.154. The molecular formula is C13H13N3O2. The van der Waals surface area contributed by atoms with Crippen molar-refractivity contribution < 1.29 is 0 Å². The number of hydrogen-bond donors (Lipinski definition) is 0. The second kappa shape index (κ2) is 4.83. The van der Waals surface area contributed by atoms with Crippen molar-refractivity contribution in [2.75, 3.05) is 0 Å². The lowest BCUT2D eigenvalue weighted by molar-refractivity contribution is 0.649. The van der Waals surface area contributed by atoms with Gasteiger partial charge in [0.25, 0.3) is 5.56 Å². The van der Waals surface area contributed by atoms with Crippen LogP contribution in [0.2, 0.25) is 0 Å². The van der Waals surface area contributed by atoms with Gasteiger partial charge in [-0.05, 0) is 6.07 Å². The van der Waals surface area contributed by atoms with Crippen LogP contribution in [0.15, 0.2) is 53.4 Å². The first-order valence-corrected chi connectivity index (χ1v) is 5.50. The largest absolute Gasteiger partial charge is 0.332 e. The van der Waals surface area contributed by atoms with Gasteiger partial charge in [-0.15, -0.1) is 13.2 Å². The van der Waals surface area contributed by atoms with E-state index < -0.39 is 0 Å².